The number of carbonyl (C=O) groups is 2. The van der Waals surface area contributed by atoms with Gasteiger partial charge in [0.2, 0.25) is 5.95 Å². The summed E-state index contributed by atoms with van der Waals surface area (Å²) in [5, 5.41) is 10.5. The highest BCUT2D eigenvalue weighted by Crippen LogP contribution is 2.33. The number of aromatic nitrogens is 2. The van der Waals surface area contributed by atoms with Crippen LogP contribution in [0, 0.1) is 11.6 Å². The number of halogens is 5. The summed E-state index contributed by atoms with van der Waals surface area (Å²) in [6.45, 7) is 4.86. The number of nitrogens with zero attached hydrogens (tertiary/aromatic N) is 4. The van der Waals surface area contributed by atoms with E-state index in [4.69, 9.17) is 4.74 Å². The number of carbonyl (C=O) groups excluding carboxylic acids is 2. The summed E-state index contributed by atoms with van der Waals surface area (Å²) < 4.78 is 89.3. The molecule has 0 saturated carbocycles. The van der Waals surface area contributed by atoms with E-state index in [1.54, 1.807) is 19.1 Å². The Morgan fingerprint density at radius 2 is 1.75 bits per heavy atom. The first-order chi connectivity index (χ1) is 24.4. The molecule has 0 radical (unpaired) electrons. The zero-order valence-electron chi connectivity index (χ0n) is 27.0. The average molecular weight is 732 g/mol. The summed E-state index contributed by atoms with van der Waals surface area (Å²) in [5.74, 6) is -1.51. The van der Waals surface area contributed by atoms with Crippen LogP contribution in [-0.4, -0.2) is 59.8 Å². The third-order valence-electron chi connectivity index (χ3n) is 7.50. The summed E-state index contributed by atoms with van der Waals surface area (Å²) >= 11 is 0. The molecule has 12 nitrogen and oxygen atoms in total. The maximum atomic E-state index is 15.3. The molecule has 1 aliphatic rings. The number of amides is 3. The lowest BCUT2D eigenvalue weighted by Gasteiger charge is -2.18. The molecule has 3 aromatic carbocycles. The molecule has 0 unspecified atom stereocenters. The van der Waals surface area contributed by atoms with Gasteiger partial charge in [-0.2, -0.15) is 18.2 Å². The van der Waals surface area contributed by atoms with Crippen molar-refractivity contribution in [3.05, 3.63) is 84.1 Å². The minimum absolute atomic E-state index is 0.0857. The fourth-order valence-corrected chi connectivity index (χ4v) is 5.78. The highest BCUT2D eigenvalue weighted by Gasteiger charge is 2.31. The molecule has 51 heavy (non-hydrogen) atoms. The van der Waals surface area contributed by atoms with Crippen LogP contribution in [0.25, 0.3) is 11.1 Å². The number of likely N-dealkylation sites (tertiary alicyclic amines) is 1. The lowest BCUT2D eigenvalue weighted by atomic mass is 10.1. The molecular formula is C33H32F5N8O4S-. The highest BCUT2D eigenvalue weighted by atomic mass is 32.2. The van der Waals surface area contributed by atoms with Crippen LogP contribution in [0.3, 0.4) is 0 Å². The Hall–Kier alpha value is -5.36. The second kappa shape index (κ2) is 16.6. The lowest BCUT2D eigenvalue weighted by Crippen LogP contribution is -2.26. The van der Waals surface area contributed by atoms with Crippen LogP contribution in [0.2, 0.25) is 0 Å². The summed E-state index contributed by atoms with van der Waals surface area (Å²) in [6.07, 6.45) is -2.05. The maximum Gasteiger partial charge on any atom is 0.416 e. The quantitative estimate of drug-likeness (QED) is 0.0889. The van der Waals surface area contributed by atoms with Crippen LogP contribution in [0.15, 0.2) is 76.1 Å². The van der Waals surface area contributed by atoms with Crippen LogP contribution < -0.4 is 21.3 Å². The topological polar surface area (TPSA) is 150 Å². The number of anilines is 5. The van der Waals surface area contributed by atoms with E-state index in [1.807, 2.05) is 5.32 Å². The molecule has 4 N–H and O–H groups in total. The van der Waals surface area contributed by atoms with E-state index in [0.29, 0.717) is 47.4 Å². The van der Waals surface area contributed by atoms with Gasteiger partial charge in [-0.3, -0.25) is 4.36 Å². The van der Waals surface area contributed by atoms with Crippen molar-refractivity contribution in [1.29, 1.82) is 0 Å². The van der Waals surface area contributed by atoms with E-state index in [-0.39, 0.29) is 23.1 Å². The van der Waals surface area contributed by atoms with E-state index >= 15 is 4.39 Å². The Kier molecular flexibility index (Phi) is 12.0. The van der Waals surface area contributed by atoms with E-state index in [0.717, 1.165) is 38.5 Å². The molecule has 1 aromatic heterocycles. The number of benzene rings is 3. The van der Waals surface area contributed by atoms with Gasteiger partial charge in [-0.05, 0) is 74.8 Å². The molecular weight excluding hydrogens is 699 g/mol. The largest absolute Gasteiger partial charge is 0.450 e. The Bertz CT molecular complexity index is 1990. The normalized spacial score (nSPS) is 13.8. The molecule has 4 aromatic rings. The van der Waals surface area contributed by atoms with Crippen molar-refractivity contribution in [1.82, 2.24) is 14.9 Å². The number of alkyl halides is 3. The van der Waals surface area contributed by atoms with Gasteiger partial charge < -0.3 is 35.1 Å². The van der Waals surface area contributed by atoms with Crippen molar-refractivity contribution in [3.8, 4) is 11.1 Å². The monoisotopic (exact) mass is 731 g/mol. The zero-order valence-corrected chi connectivity index (χ0v) is 27.8. The molecule has 1 fully saturated rings. The van der Waals surface area contributed by atoms with Gasteiger partial charge in [-0.15, -0.1) is 10.6 Å². The van der Waals surface area contributed by atoms with Crippen molar-refractivity contribution >= 4 is 51.5 Å². The van der Waals surface area contributed by atoms with Gasteiger partial charge in [0.15, 0.2) is 0 Å². The number of hydrogen-bond donors (Lipinski definition) is 4. The second-order valence-corrected chi connectivity index (χ2v) is 12.2. The van der Waals surface area contributed by atoms with E-state index < -0.39 is 51.8 Å². The number of rotatable bonds is 11. The van der Waals surface area contributed by atoms with Crippen molar-refractivity contribution in [2.45, 2.75) is 30.8 Å². The third-order valence-corrected chi connectivity index (χ3v) is 8.47. The van der Waals surface area contributed by atoms with E-state index in [1.165, 1.54) is 30.5 Å². The van der Waals surface area contributed by atoms with Crippen LogP contribution in [0.5, 0.6) is 0 Å². The summed E-state index contributed by atoms with van der Waals surface area (Å²) in [7, 11) is -2.02. The predicted molar refractivity (Wildman–Crippen MR) is 181 cm³/mol. The molecule has 0 bridgehead atoms. The lowest BCUT2D eigenvalue weighted by molar-refractivity contribution is -0.137. The standard InChI is InChI=1S/C33H32F5N8O4S/c1-2-50-32(48)45-51(49)23-7-5-6-22(18-23)41-30-40-19-24(29(44-30)39-12-15-46-13-3-4-14-46)20-8-11-27(26(35)16-20)42-31(47)43-28-17-21(33(36,37)38)9-10-25(28)34/h5-11,16-19H,2-4,12-15H2,1H3,(H2,42,43,47)(H2,39,40,41,44)/q-1. The molecule has 270 valence electrons. The number of urea groups is 1. The zero-order chi connectivity index (χ0) is 36.5. The summed E-state index contributed by atoms with van der Waals surface area (Å²) in [6, 6.07) is 10.5. The van der Waals surface area contributed by atoms with E-state index in [2.05, 4.69) is 35.2 Å². The third kappa shape index (κ3) is 10.1. The smallest absolute Gasteiger partial charge is 0.416 e. The van der Waals surface area contributed by atoms with Crippen molar-refractivity contribution in [2.75, 3.05) is 54.1 Å². The van der Waals surface area contributed by atoms with Crippen molar-refractivity contribution < 1.29 is 40.5 Å². The average Bonchev–Trinajstić information content (AvgIpc) is 3.60. The molecule has 1 aliphatic heterocycles. The molecule has 2 heterocycles. The highest BCUT2D eigenvalue weighted by molar-refractivity contribution is 7.75. The molecule has 1 saturated heterocycles. The van der Waals surface area contributed by atoms with Gasteiger partial charge >= 0.3 is 18.3 Å². The maximum absolute atomic E-state index is 15.3. The van der Waals surface area contributed by atoms with Crippen LogP contribution in [-0.2, 0) is 25.7 Å². The minimum atomic E-state index is -4.77. The number of hydrogen-bond acceptors (Lipinski definition) is 10. The van der Waals surface area contributed by atoms with E-state index in [9.17, 15) is 31.4 Å². The fraction of sp³-hybridized carbons (Fsp3) is 0.273. The molecule has 0 aliphatic carbocycles. The first-order valence-corrected chi connectivity index (χ1v) is 16.8. The molecule has 5 rings (SSSR count). The first kappa shape index (κ1) is 36.9. The predicted octanol–water partition coefficient (Wildman–Crippen LogP) is 8.00. The van der Waals surface area contributed by atoms with Gasteiger partial charge in [-0.25, -0.2) is 23.4 Å². The second-order valence-electron chi connectivity index (χ2n) is 11.1. The molecule has 0 atom stereocenters. The van der Waals surface area contributed by atoms with Gasteiger partial charge in [0.1, 0.15) is 17.5 Å². The van der Waals surface area contributed by atoms with Crippen LogP contribution in [0.1, 0.15) is 25.3 Å². The minimum Gasteiger partial charge on any atom is -0.450 e. The molecule has 0 spiro atoms. The Labute approximate surface area is 291 Å². The van der Waals surface area contributed by atoms with Gasteiger partial charge in [0.25, 0.3) is 0 Å². The summed E-state index contributed by atoms with van der Waals surface area (Å²) in [4.78, 5) is 35.6. The van der Waals surface area contributed by atoms with Gasteiger partial charge in [-0.1, -0.05) is 29.2 Å². The fourth-order valence-electron chi connectivity index (χ4n) is 5.07. The number of nitrogens with one attached hydrogen (secondary N) is 4. The van der Waals surface area contributed by atoms with Gasteiger partial charge in [0, 0.05) is 30.5 Å². The van der Waals surface area contributed by atoms with Crippen LogP contribution in [0.4, 0.5) is 60.4 Å². The first-order valence-electron chi connectivity index (χ1n) is 15.6. The van der Waals surface area contributed by atoms with Crippen molar-refractivity contribution in [2.24, 2.45) is 4.36 Å². The Morgan fingerprint density at radius 1 is 0.980 bits per heavy atom. The molecule has 3 amide bonds. The Balaban J connectivity index is 1.35. The Morgan fingerprint density at radius 3 is 2.47 bits per heavy atom. The SMILES string of the molecule is CCOC(=O)N=[S-](=O)c1cccc(Nc2ncc(-c3ccc(NC(=O)Nc4cc(C(F)(F)F)ccc4F)c(F)c3)c(NCCN3CCCC3)n2)c1. The van der Waals surface area contributed by atoms with Crippen molar-refractivity contribution in [3.63, 3.8) is 0 Å². The summed E-state index contributed by atoms with van der Waals surface area (Å²) in [5.41, 5.74) is -1.04. The van der Waals surface area contributed by atoms with Gasteiger partial charge in [0.05, 0.1) is 23.5 Å². The molecule has 18 heteroatoms. The number of ether oxygens (including phenoxy) is 1. The van der Waals surface area contributed by atoms with Crippen LogP contribution >= 0.6 is 0 Å².